The monoisotopic (exact) mass is 382 g/mol. The molecule has 1 aromatic carbocycles. The molecule has 8 heteroatoms. The molecule has 0 saturated carbocycles. The van der Waals surface area contributed by atoms with Gasteiger partial charge in [-0.2, -0.15) is 0 Å². The predicted molar refractivity (Wildman–Crippen MR) is 82.0 cm³/mol. The molecular weight excluding hydrogens is 376 g/mol. The molecule has 112 valence electrons. The van der Waals surface area contributed by atoms with Gasteiger partial charge in [0.1, 0.15) is 5.92 Å². The number of nitrogens with two attached hydrogens (primary N) is 1. The van der Waals surface area contributed by atoms with Gasteiger partial charge in [0.05, 0.1) is 5.69 Å². The second kappa shape index (κ2) is 5.26. The number of hydrogen-bond donors (Lipinski definition) is 1. The average molecular weight is 384 g/mol. The lowest BCUT2D eigenvalue weighted by molar-refractivity contribution is -0.117. The number of carbonyl (C=O) groups is 3. The number of amides is 3. The molecule has 1 unspecified atom stereocenters. The fourth-order valence-corrected chi connectivity index (χ4v) is 2.90. The van der Waals surface area contributed by atoms with Crippen molar-refractivity contribution in [2.24, 2.45) is 5.73 Å². The van der Waals surface area contributed by atoms with E-state index in [0.717, 1.165) is 4.90 Å². The Hall–Kier alpha value is -2.12. The van der Waals surface area contributed by atoms with Crippen LogP contribution in [0.3, 0.4) is 0 Å². The second-order valence-electron chi connectivity index (χ2n) is 4.62. The molecule has 2 aromatic rings. The van der Waals surface area contributed by atoms with Crippen LogP contribution >= 0.6 is 27.5 Å². The molecule has 3 amide bonds. The number of anilines is 1. The molecule has 0 spiro atoms. The van der Waals surface area contributed by atoms with Crippen LogP contribution in [-0.2, 0) is 4.79 Å². The van der Waals surface area contributed by atoms with Crippen molar-refractivity contribution in [2.45, 2.75) is 5.92 Å². The zero-order valence-corrected chi connectivity index (χ0v) is 13.2. The van der Waals surface area contributed by atoms with Crippen molar-refractivity contribution >= 4 is 50.9 Å². The highest BCUT2D eigenvalue weighted by molar-refractivity contribution is 9.10. The lowest BCUT2D eigenvalue weighted by Gasteiger charge is -2.12. The van der Waals surface area contributed by atoms with Gasteiger partial charge in [-0.25, -0.2) is 9.69 Å². The van der Waals surface area contributed by atoms with Crippen molar-refractivity contribution < 1.29 is 18.8 Å². The fourth-order valence-electron chi connectivity index (χ4n) is 2.41. The van der Waals surface area contributed by atoms with Crippen LogP contribution < -0.4 is 10.6 Å². The molecule has 22 heavy (non-hydrogen) atoms. The van der Waals surface area contributed by atoms with Crippen molar-refractivity contribution in [3.05, 3.63) is 51.3 Å². The first-order valence-electron chi connectivity index (χ1n) is 6.12. The molecule has 2 heterocycles. The quantitative estimate of drug-likeness (QED) is 0.637. The number of primary amides is 1. The number of Topliss-reactive ketones (excluding diaryl/α,β-unsaturated/α-hetero) is 1. The molecule has 0 fully saturated rings. The molecule has 1 atom stereocenters. The van der Waals surface area contributed by atoms with Crippen molar-refractivity contribution in [1.82, 2.24) is 0 Å². The van der Waals surface area contributed by atoms with E-state index in [1.54, 1.807) is 0 Å². The normalized spacial score (nSPS) is 16.7. The standard InChI is InChI=1S/C14H8BrClN2O4/c15-10-4-3-9(22-10)12(19)11-7-5-6(16)1-2-8(7)18(13(11)20)14(17)21/h1-5,11H,(H2,17,21). The molecule has 0 saturated heterocycles. The Kier molecular flexibility index (Phi) is 3.54. The molecule has 1 aliphatic heterocycles. The van der Waals surface area contributed by atoms with Crippen LogP contribution in [0.2, 0.25) is 5.02 Å². The van der Waals surface area contributed by atoms with E-state index in [0.29, 0.717) is 15.3 Å². The number of furan rings is 1. The Morgan fingerprint density at radius 3 is 2.59 bits per heavy atom. The Balaban J connectivity index is 2.12. The van der Waals surface area contributed by atoms with Gasteiger partial charge in [-0.15, -0.1) is 0 Å². The zero-order valence-electron chi connectivity index (χ0n) is 10.9. The van der Waals surface area contributed by atoms with E-state index in [4.69, 9.17) is 21.8 Å². The van der Waals surface area contributed by atoms with Crippen molar-refractivity contribution in [1.29, 1.82) is 0 Å². The molecule has 1 aliphatic rings. The number of benzene rings is 1. The lowest BCUT2D eigenvalue weighted by atomic mass is 9.95. The van der Waals surface area contributed by atoms with Gasteiger partial charge in [0, 0.05) is 5.02 Å². The fraction of sp³-hybridized carbons (Fsp3) is 0.0714. The van der Waals surface area contributed by atoms with Gasteiger partial charge >= 0.3 is 6.03 Å². The summed E-state index contributed by atoms with van der Waals surface area (Å²) in [6.45, 7) is 0. The first-order valence-corrected chi connectivity index (χ1v) is 7.29. The van der Waals surface area contributed by atoms with Gasteiger partial charge in [-0.1, -0.05) is 11.6 Å². The number of imide groups is 1. The van der Waals surface area contributed by atoms with Gasteiger partial charge < -0.3 is 10.2 Å². The molecule has 6 nitrogen and oxygen atoms in total. The van der Waals surface area contributed by atoms with E-state index in [1.807, 2.05) is 0 Å². The molecule has 0 aliphatic carbocycles. The third-order valence-corrected chi connectivity index (χ3v) is 3.97. The molecule has 0 radical (unpaired) electrons. The highest BCUT2D eigenvalue weighted by atomic mass is 79.9. The Morgan fingerprint density at radius 2 is 2.00 bits per heavy atom. The van der Waals surface area contributed by atoms with Gasteiger partial charge in [-0.3, -0.25) is 9.59 Å². The third-order valence-electron chi connectivity index (χ3n) is 3.31. The van der Waals surface area contributed by atoms with Gasteiger partial charge in [0.2, 0.25) is 5.78 Å². The summed E-state index contributed by atoms with van der Waals surface area (Å²) < 4.78 is 5.55. The summed E-state index contributed by atoms with van der Waals surface area (Å²) in [7, 11) is 0. The van der Waals surface area contributed by atoms with E-state index >= 15 is 0 Å². The Labute approximate surface area is 137 Å². The number of ketones is 1. The number of urea groups is 1. The summed E-state index contributed by atoms with van der Waals surface area (Å²) in [6, 6.07) is 6.49. The maximum Gasteiger partial charge on any atom is 0.326 e. The van der Waals surface area contributed by atoms with Crippen LogP contribution in [0.15, 0.2) is 39.4 Å². The van der Waals surface area contributed by atoms with E-state index < -0.39 is 23.6 Å². The summed E-state index contributed by atoms with van der Waals surface area (Å²) in [4.78, 5) is 37.3. The van der Waals surface area contributed by atoms with E-state index in [1.165, 1.54) is 30.3 Å². The van der Waals surface area contributed by atoms with Crippen LogP contribution in [0.4, 0.5) is 10.5 Å². The average Bonchev–Trinajstić information content (AvgIpc) is 2.98. The topological polar surface area (TPSA) is 93.6 Å². The number of halogens is 2. The minimum Gasteiger partial charge on any atom is -0.446 e. The minimum atomic E-state index is -1.21. The van der Waals surface area contributed by atoms with Crippen LogP contribution in [0.1, 0.15) is 22.0 Å². The van der Waals surface area contributed by atoms with Crippen LogP contribution in [0.25, 0.3) is 0 Å². The summed E-state index contributed by atoms with van der Waals surface area (Å²) in [5, 5.41) is 0.344. The number of fused-ring (bicyclic) bond motifs is 1. The molecule has 3 rings (SSSR count). The lowest BCUT2D eigenvalue weighted by Crippen LogP contribution is -2.40. The van der Waals surface area contributed by atoms with Crippen molar-refractivity contribution in [3.8, 4) is 0 Å². The van der Waals surface area contributed by atoms with Crippen LogP contribution in [0.5, 0.6) is 0 Å². The maximum atomic E-state index is 12.6. The number of carbonyl (C=O) groups excluding carboxylic acids is 3. The Bertz CT molecular complexity index is 817. The number of rotatable bonds is 2. The highest BCUT2D eigenvalue weighted by Gasteiger charge is 2.45. The van der Waals surface area contributed by atoms with Crippen molar-refractivity contribution in [3.63, 3.8) is 0 Å². The Morgan fingerprint density at radius 1 is 1.27 bits per heavy atom. The van der Waals surface area contributed by atoms with E-state index in [2.05, 4.69) is 15.9 Å². The molecular formula is C14H8BrClN2O4. The summed E-state index contributed by atoms with van der Waals surface area (Å²) in [5.41, 5.74) is 5.82. The zero-order chi connectivity index (χ0) is 16.0. The SMILES string of the molecule is NC(=O)N1C(=O)C(C(=O)c2ccc(Br)o2)c2cc(Cl)ccc21. The van der Waals surface area contributed by atoms with Crippen LogP contribution in [0, 0.1) is 0 Å². The highest BCUT2D eigenvalue weighted by Crippen LogP contribution is 2.40. The predicted octanol–water partition coefficient (Wildman–Crippen LogP) is 3.09. The van der Waals surface area contributed by atoms with Gasteiger partial charge in [0.15, 0.2) is 10.4 Å². The van der Waals surface area contributed by atoms with E-state index in [9.17, 15) is 14.4 Å². The summed E-state index contributed by atoms with van der Waals surface area (Å²) >= 11 is 9.02. The smallest absolute Gasteiger partial charge is 0.326 e. The largest absolute Gasteiger partial charge is 0.446 e. The van der Waals surface area contributed by atoms with E-state index in [-0.39, 0.29) is 11.4 Å². The summed E-state index contributed by atoms with van der Waals surface area (Å²) in [5.74, 6) is -2.49. The number of nitrogens with zero attached hydrogens (tertiary/aromatic N) is 1. The van der Waals surface area contributed by atoms with Gasteiger partial charge in [0.25, 0.3) is 5.91 Å². The third kappa shape index (κ3) is 2.22. The van der Waals surface area contributed by atoms with Crippen molar-refractivity contribution in [2.75, 3.05) is 4.90 Å². The minimum absolute atomic E-state index is 0.00229. The number of hydrogen-bond acceptors (Lipinski definition) is 4. The van der Waals surface area contributed by atoms with Crippen LogP contribution in [-0.4, -0.2) is 17.7 Å². The second-order valence-corrected chi connectivity index (χ2v) is 5.83. The molecule has 0 bridgehead atoms. The first-order chi connectivity index (χ1) is 10.4. The first kappa shape index (κ1) is 14.8. The summed E-state index contributed by atoms with van der Waals surface area (Å²) in [6.07, 6.45) is 0. The molecule has 1 aromatic heterocycles. The maximum absolute atomic E-state index is 12.6. The van der Waals surface area contributed by atoms with Gasteiger partial charge in [-0.05, 0) is 51.8 Å². The molecule has 2 N–H and O–H groups in total.